The largest absolute Gasteiger partial charge is 0.443 e. The highest BCUT2D eigenvalue weighted by molar-refractivity contribution is 5.90. The van der Waals surface area contributed by atoms with Crippen molar-refractivity contribution in [2.45, 2.75) is 77.3 Å². The van der Waals surface area contributed by atoms with E-state index in [1.54, 1.807) is 56.0 Å². The quantitative estimate of drug-likeness (QED) is 0.265. The number of carbonyl (C=O) groups is 1. The number of para-hydroxylation sites is 1. The summed E-state index contributed by atoms with van der Waals surface area (Å²) in [5, 5.41) is 0. The maximum absolute atomic E-state index is 14.1. The second kappa shape index (κ2) is 12.1. The molecule has 4 rings (SSSR count). The first kappa shape index (κ1) is 34.0. The summed E-state index contributed by atoms with van der Waals surface area (Å²) in [4.78, 5) is 15.9. The molecule has 0 spiro atoms. The third-order valence-corrected chi connectivity index (χ3v) is 7.27. The monoisotopic (exact) mass is 646 g/mol. The molecule has 0 N–H and O–H groups in total. The molecule has 13 heteroatoms. The van der Waals surface area contributed by atoms with Crippen molar-refractivity contribution in [3.8, 4) is 0 Å². The first-order valence-corrected chi connectivity index (χ1v) is 14.0. The van der Waals surface area contributed by atoms with Crippen molar-refractivity contribution in [2.75, 3.05) is 16.3 Å². The third-order valence-electron chi connectivity index (χ3n) is 7.27. The molecule has 0 saturated heterocycles. The number of benzene rings is 3. The summed E-state index contributed by atoms with van der Waals surface area (Å²) in [5.41, 5.74) is -4.86. The first-order chi connectivity index (χ1) is 20.6. The van der Waals surface area contributed by atoms with Crippen LogP contribution in [0.3, 0.4) is 0 Å². The minimum Gasteiger partial charge on any atom is -0.443 e. The molecule has 1 heterocycles. The van der Waals surface area contributed by atoms with Crippen molar-refractivity contribution in [3.63, 3.8) is 0 Å². The van der Waals surface area contributed by atoms with Gasteiger partial charge < -0.3 is 9.64 Å². The molecule has 0 aromatic heterocycles. The molecular weight excluding hydrogens is 615 g/mol. The van der Waals surface area contributed by atoms with Crippen LogP contribution in [0.2, 0.25) is 0 Å². The van der Waals surface area contributed by atoms with E-state index in [1.807, 2.05) is 0 Å². The van der Waals surface area contributed by atoms with Crippen LogP contribution in [0.25, 0.3) is 0 Å². The van der Waals surface area contributed by atoms with Crippen LogP contribution in [-0.4, -0.2) is 18.2 Å². The Labute approximate surface area is 254 Å². The van der Waals surface area contributed by atoms with Crippen molar-refractivity contribution in [1.29, 1.82) is 0 Å². The summed E-state index contributed by atoms with van der Waals surface area (Å²) in [7, 11) is 0. The molecule has 4 nitrogen and oxygen atoms in total. The van der Waals surface area contributed by atoms with E-state index in [2.05, 4.69) is 0 Å². The van der Waals surface area contributed by atoms with Gasteiger partial charge in [0.15, 0.2) is 0 Å². The van der Waals surface area contributed by atoms with E-state index < -0.39 is 59.5 Å². The number of aryl methyl sites for hydroxylation is 1. The molecular formula is C32H31F9N2O2. The zero-order valence-corrected chi connectivity index (χ0v) is 24.8. The number of nitrogens with zero attached hydrogens (tertiary/aromatic N) is 2. The smallest absolute Gasteiger partial charge is 0.416 e. The number of alkyl halides is 9. The summed E-state index contributed by atoms with van der Waals surface area (Å²) in [6, 6.07) is 10.7. The van der Waals surface area contributed by atoms with E-state index in [9.17, 15) is 44.3 Å². The molecule has 0 fully saturated rings. The van der Waals surface area contributed by atoms with Crippen LogP contribution >= 0.6 is 0 Å². The minimum atomic E-state index is -5.07. The number of hydrogen-bond acceptors (Lipinski definition) is 3. The number of amides is 1. The zero-order chi connectivity index (χ0) is 33.5. The van der Waals surface area contributed by atoms with Crippen LogP contribution < -0.4 is 9.80 Å². The average molecular weight is 647 g/mol. The number of anilines is 2. The highest BCUT2D eigenvalue weighted by atomic mass is 19.4. The summed E-state index contributed by atoms with van der Waals surface area (Å²) in [6.07, 6.45) is -15.4. The van der Waals surface area contributed by atoms with Crippen molar-refractivity contribution >= 4 is 17.5 Å². The number of halogens is 9. The lowest BCUT2D eigenvalue weighted by Crippen LogP contribution is -2.37. The predicted molar refractivity (Wildman–Crippen MR) is 151 cm³/mol. The van der Waals surface area contributed by atoms with Crippen LogP contribution in [0.5, 0.6) is 0 Å². The van der Waals surface area contributed by atoms with E-state index in [0.717, 1.165) is 11.0 Å². The van der Waals surface area contributed by atoms with Gasteiger partial charge in [0, 0.05) is 18.8 Å². The fourth-order valence-corrected chi connectivity index (χ4v) is 5.38. The van der Waals surface area contributed by atoms with Gasteiger partial charge in [-0.15, -0.1) is 0 Å². The number of ether oxygens (including phenoxy) is 1. The second-order valence-corrected chi connectivity index (χ2v) is 11.9. The van der Waals surface area contributed by atoms with Crippen molar-refractivity contribution in [2.24, 2.45) is 0 Å². The number of carbonyl (C=O) groups excluding carboxylic acids is 1. The lowest BCUT2D eigenvalue weighted by molar-refractivity contribution is -0.143. The second-order valence-electron chi connectivity index (χ2n) is 11.9. The molecule has 0 aliphatic carbocycles. The van der Waals surface area contributed by atoms with Crippen LogP contribution in [0.1, 0.15) is 73.0 Å². The summed E-state index contributed by atoms with van der Waals surface area (Å²) in [5.74, 6) is 0. The Morgan fingerprint density at radius 3 is 1.93 bits per heavy atom. The SMILES string of the molecule is Cc1cc2c(cc1C(F)(F)F)N(C(=O)OC(C)(C)C)CCC[C@@H]2N(Cc1cc(C(F)(F)F)cc(C(F)(F)F)c1)c1ccccc1. The number of rotatable bonds is 4. The maximum atomic E-state index is 14.1. The minimum absolute atomic E-state index is 0.0385. The van der Waals surface area contributed by atoms with Gasteiger partial charge in [0.25, 0.3) is 0 Å². The lowest BCUT2D eigenvalue weighted by Gasteiger charge is -2.36. The normalized spacial score (nSPS) is 16.2. The van der Waals surface area contributed by atoms with E-state index in [-0.39, 0.29) is 47.8 Å². The lowest BCUT2D eigenvalue weighted by atomic mass is 9.93. The summed E-state index contributed by atoms with van der Waals surface area (Å²) < 4.78 is 130. The highest BCUT2D eigenvalue weighted by Crippen LogP contribution is 2.45. The van der Waals surface area contributed by atoms with Gasteiger partial charge in [0.1, 0.15) is 5.60 Å². The molecule has 45 heavy (non-hydrogen) atoms. The molecule has 244 valence electrons. The van der Waals surface area contributed by atoms with Gasteiger partial charge in [-0.25, -0.2) is 4.79 Å². The van der Waals surface area contributed by atoms with Gasteiger partial charge >= 0.3 is 24.6 Å². The van der Waals surface area contributed by atoms with Crippen LogP contribution in [0.4, 0.5) is 55.7 Å². The van der Waals surface area contributed by atoms with E-state index >= 15 is 0 Å². The van der Waals surface area contributed by atoms with Gasteiger partial charge in [-0.05, 0) is 93.6 Å². The fourth-order valence-electron chi connectivity index (χ4n) is 5.38. The van der Waals surface area contributed by atoms with E-state index in [0.29, 0.717) is 17.8 Å². The van der Waals surface area contributed by atoms with Gasteiger partial charge in [-0.1, -0.05) is 24.3 Å². The number of fused-ring (bicyclic) bond motifs is 1. The molecule has 0 saturated carbocycles. The Bertz CT molecular complexity index is 1490. The van der Waals surface area contributed by atoms with Crippen LogP contribution in [0, 0.1) is 6.92 Å². The molecule has 0 bridgehead atoms. The highest BCUT2D eigenvalue weighted by Gasteiger charge is 2.40. The summed E-state index contributed by atoms with van der Waals surface area (Å²) in [6.45, 7) is 5.56. The Morgan fingerprint density at radius 1 is 0.844 bits per heavy atom. The van der Waals surface area contributed by atoms with Crippen molar-refractivity contribution < 1.29 is 49.0 Å². The van der Waals surface area contributed by atoms with Gasteiger partial charge in [-0.3, -0.25) is 4.90 Å². The standard InChI is InChI=1S/C32H31F9N2O2/c1-19-13-24-26(11-8-12-42(28(44)45-29(2,3)4)27(24)17-25(19)32(39,40)41)43(23-9-6-5-7-10-23)18-20-14-21(30(33,34)35)16-22(15-20)31(36,37)38/h5-7,9-10,13-17,26H,8,11-12,18H2,1-4H3/t26-/m0/s1. The molecule has 3 aromatic carbocycles. The van der Waals surface area contributed by atoms with Crippen LogP contribution in [-0.2, 0) is 29.8 Å². The van der Waals surface area contributed by atoms with E-state index in [4.69, 9.17) is 4.74 Å². The predicted octanol–water partition coefficient (Wildman–Crippen LogP) is 10.3. The average Bonchev–Trinajstić information content (AvgIpc) is 3.08. The van der Waals surface area contributed by atoms with Gasteiger partial charge in [-0.2, -0.15) is 39.5 Å². The zero-order valence-electron chi connectivity index (χ0n) is 24.8. The molecule has 1 aliphatic rings. The van der Waals surface area contributed by atoms with E-state index in [1.165, 1.54) is 13.0 Å². The Balaban J connectivity index is 1.93. The fraction of sp³-hybridized carbons (Fsp3) is 0.406. The molecule has 1 amide bonds. The van der Waals surface area contributed by atoms with Crippen molar-refractivity contribution in [3.05, 3.63) is 94.0 Å². The van der Waals surface area contributed by atoms with Crippen LogP contribution in [0.15, 0.2) is 60.7 Å². The molecule has 0 unspecified atom stereocenters. The Hall–Kier alpha value is -3.90. The Morgan fingerprint density at radius 2 is 1.42 bits per heavy atom. The topological polar surface area (TPSA) is 32.8 Å². The summed E-state index contributed by atoms with van der Waals surface area (Å²) >= 11 is 0. The molecule has 1 aliphatic heterocycles. The molecule has 1 atom stereocenters. The first-order valence-electron chi connectivity index (χ1n) is 14.0. The number of hydrogen-bond donors (Lipinski definition) is 0. The Kier molecular flexibility index (Phi) is 9.16. The third kappa shape index (κ3) is 8.04. The maximum Gasteiger partial charge on any atom is 0.416 e. The van der Waals surface area contributed by atoms with Gasteiger partial charge in [0.2, 0.25) is 0 Å². The molecule has 0 radical (unpaired) electrons. The molecule has 3 aromatic rings. The van der Waals surface area contributed by atoms with Crippen molar-refractivity contribution in [1.82, 2.24) is 0 Å². The van der Waals surface area contributed by atoms with Gasteiger partial charge in [0.05, 0.1) is 28.4 Å².